The van der Waals surface area contributed by atoms with Crippen LogP contribution in [0.15, 0.2) is 35.7 Å². The molecule has 1 heterocycles. The topological polar surface area (TPSA) is 64.4 Å². The van der Waals surface area contributed by atoms with E-state index in [-0.39, 0.29) is 5.69 Å². The highest BCUT2D eigenvalue weighted by Gasteiger charge is 2.19. The third-order valence-electron chi connectivity index (χ3n) is 2.64. The molecule has 1 aromatic heterocycles. The molecule has 0 aliphatic carbocycles. The van der Waals surface area contributed by atoms with Crippen molar-refractivity contribution in [3.8, 4) is 5.75 Å². The number of nitro groups is 1. The Labute approximate surface area is 115 Å². The Kier molecular flexibility index (Phi) is 4.35. The fourth-order valence-corrected chi connectivity index (χ4v) is 2.44. The molecule has 0 spiro atoms. The van der Waals surface area contributed by atoms with Gasteiger partial charge >= 0.3 is 5.69 Å². The van der Waals surface area contributed by atoms with Crippen molar-refractivity contribution in [2.45, 2.75) is 6.42 Å². The first-order valence-electron chi connectivity index (χ1n) is 5.82. The summed E-state index contributed by atoms with van der Waals surface area (Å²) in [5.41, 5.74) is 0.440. The van der Waals surface area contributed by atoms with Gasteiger partial charge in [0.15, 0.2) is 5.75 Å². The number of nitro benzene ring substituents is 1. The highest BCUT2D eigenvalue weighted by atomic mass is 32.1. The number of rotatable bonds is 6. The van der Waals surface area contributed by atoms with E-state index >= 15 is 0 Å². The van der Waals surface area contributed by atoms with Gasteiger partial charge < -0.3 is 10.1 Å². The van der Waals surface area contributed by atoms with Gasteiger partial charge in [-0.05, 0) is 23.6 Å². The molecule has 0 atom stereocenters. The van der Waals surface area contributed by atoms with Crippen LogP contribution in [-0.2, 0) is 6.42 Å². The molecule has 0 saturated heterocycles. The zero-order valence-electron chi connectivity index (χ0n) is 10.5. The average Bonchev–Trinajstić information content (AvgIpc) is 2.91. The molecule has 1 N–H and O–H groups in total. The molecule has 0 unspecified atom stereocenters. The van der Waals surface area contributed by atoms with Gasteiger partial charge in [-0.3, -0.25) is 10.1 Å². The minimum Gasteiger partial charge on any atom is -0.486 e. The van der Waals surface area contributed by atoms with E-state index < -0.39 is 4.92 Å². The van der Waals surface area contributed by atoms with Crippen LogP contribution in [0.4, 0.5) is 11.4 Å². The van der Waals surface area contributed by atoms with E-state index in [1.807, 2.05) is 17.5 Å². The lowest BCUT2D eigenvalue weighted by Gasteiger charge is -2.08. The zero-order valence-corrected chi connectivity index (χ0v) is 11.3. The zero-order chi connectivity index (χ0) is 13.7. The molecule has 2 rings (SSSR count). The van der Waals surface area contributed by atoms with E-state index in [1.54, 1.807) is 36.6 Å². The SMILES string of the molecule is CNc1cccc(OCCc2cccs2)c1[N+](=O)[O-]. The summed E-state index contributed by atoms with van der Waals surface area (Å²) in [6.45, 7) is 0.425. The minimum atomic E-state index is -0.424. The van der Waals surface area contributed by atoms with Gasteiger partial charge in [0.2, 0.25) is 0 Å². The molecular weight excluding hydrogens is 264 g/mol. The van der Waals surface area contributed by atoms with E-state index in [0.29, 0.717) is 18.0 Å². The molecule has 6 heteroatoms. The molecule has 2 aromatic rings. The Morgan fingerprint density at radius 3 is 2.84 bits per heavy atom. The van der Waals surface area contributed by atoms with Crippen LogP contribution in [0.2, 0.25) is 0 Å². The number of benzene rings is 1. The van der Waals surface area contributed by atoms with Crippen LogP contribution in [0.5, 0.6) is 5.75 Å². The van der Waals surface area contributed by atoms with Gasteiger partial charge in [0, 0.05) is 18.3 Å². The Hall–Kier alpha value is -2.08. The lowest BCUT2D eigenvalue weighted by Crippen LogP contribution is -2.04. The van der Waals surface area contributed by atoms with Crippen LogP contribution in [0.1, 0.15) is 4.88 Å². The first kappa shape index (κ1) is 13.4. The Balaban J connectivity index is 2.09. The molecule has 0 radical (unpaired) electrons. The quantitative estimate of drug-likeness (QED) is 0.650. The molecule has 0 bridgehead atoms. The maximum absolute atomic E-state index is 11.1. The van der Waals surface area contributed by atoms with Gasteiger partial charge in [0.25, 0.3) is 0 Å². The van der Waals surface area contributed by atoms with E-state index in [1.165, 1.54) is 4.88 Å². The molecule has 19 heavy (non-hydrogen) atoms. The molecule has 0 aliphatic rings. The lowest BCUT2D eigenvalue weighted by atomic mass is 10.2. The van der Waals surface area contributed by atoms with E-state index in [9.17, 15) is 10.1 Å². The Bertz CT molecular complexity index is 555. The number of hydrogen-bond donors (Lipinski definition) is 1. The number of ether oxygens (including phenoxy) is 1. The second-order valence-electron chi connectivity index (χ2n) is 3.84. The number of anilines is 1. The van der Waals surface area contributed by atoms with Crippen molar-refractivity contribution in [3.63, 3.8) is 0 Å². The van der Waals surface area contributed by atoms with Crippen LogP contribution in [0, 0.1) is 10.1 Å². The third kappa shape index (κ3) is 3.23. The predicted octanol–water partition coefficient (Wildman–Crippen LogP) is 3.32. The van der Waals surface area contributed by atoms with Gasteiger partial charge in [0.1, 0.15) is 5.69 Å². The predicted molar refractivity (Wildman–Crippen MR) is 76.2 cm³/mol. The summed E-state index contributed by atoms with van der Waals surface area (Å²) in [6, 6.07) is 9.01. The summed E-state index contributed by atoms with van der Waals surface area (Å²) in [7, 11) is 1.65. The minimum absolute atomic E-state index is 0.0174. The maximum Gasteiger partial charge on any atom is 0.333 e. The van der Waals surface area contributed by atoms with Crippen LogP contribution >= 0.6 is 11.3 Å². The Morgan fingerprint density at radius 2 is 2.21 bits per heavy atom. The highest BCUT2D eigenvalue weighted by Crippen LogP contribution is 2.34. The lowest BCUT2D eigenvalue weighted by molar-refractivity contribution is -0.384. The highest BCUT2D eigenvalue weighted by molar-refractivity contribution is 7.09. The summed E-state index contributed by atoms with van der Waals surface area (Å²) in [6.07, 6.45) is 0.749. The smallest absolute Gasteiger partial charge is 0.333 e. The number of thiophene rings is 1. The van der Waals surface area contributed by atoms with Crippen LogP contribution in [-0.4, -0.2) is 18.6 Å². The standard InChI is InChI=1S/C13H14N2O3S/c1-14-11-5-2-6-12(13(11)15(16)17)18-8-7-10-4-3-9-19-10/h2-6,9,14H,7-8H2,1H3. The van der Waals surface area contributed by atoms with Crippen molar-refractivity contribution >= 4 is 22.7 Å². The monoisotopic (exact) mass is 278 g/mol. The van der Waals surface area contributed by atoms with Gasteiger partial charge in [-0.25, -0.2) is 0 Å². The second-order valence-corrected chi connectivity index (χ2v) is 4.87. The van der Waals surface area contributed by atoms with Crippen molar-refractivity contribution < 1.29 is 9.66 Å². The summed E-state index contributed by atoms with van der Waals surface area (Å²) < 4.78 is 5.54. The molecular formula is C13H14N2O3S. The van der Waals surface area contributed by atoms with Crippen molar-refractivity contribution in [2.75, 3.05) is 19.0 Å². The van der Waals surface area contributed by atoms with E-state index in [0.717, 1.165) is 6.42 Å². The molecule has 0 saturated carbocycles. The molecule has 0 aliphatic heterocycles. The van der Waals surface area contributed by atoms with Gasteiger partial charge in [0.05, 0.1) is 11.5 Å². The number of nitrogens with zero attached hydrogens (tertiary/aromatic N) is 1. The second kappa shape index (κ2) is 6.19. The van der Waals surface area contributed by atoms with Crippen molar-refractivity contribution in [3.05, 3.63) is 50.7 Å². The Morgan fingerprint density at radius 1 is 1.37 bits per heavy atom. The van der Waals surface area contributed by atoms with Crippen molar-refractivity contribution in [1.29, 1.82) is 0 Å². The molecule has 5 nitrogen and oxygen atoms in total. The van der Waals surface area contributed by atoms with Gasteiger partial charge in [-0.1, -0.05) is 12.1 Å². The molecule has 0 fully saturated rings. The van der Waals surface area contributed by atoms with E-state index in [4.69, 9.17) is 4.74 Å². The third-order valence-corrected chi connectivity index (χ3v) is 3.57. The fraction of sp³-hybridized carbons (Fsp3) is 0.231. The summed E-state index contributed by atoms with van der Waals surface area (Å²) >= 11 is 1.65. The molecule has 1 aromatic carbocycles. The fourth-order valence-electron chi connectivity index (χ4n) is 1.75. The summed E-state index contributed by atoms with van der Waals surface area (Å²) in [4.78, 5) is 11.9. The maximum atomic E-state index is 11.1. The van der Waals surface area contributed by atoms with Crippen LogP contribution in [0.3, 0.4) is 0 Å². The summed E-state index contributed by atoms with van der Waals surface area (Å²) in [5.74, 6) is 0.299. The van der Waals surface area contributed by atoms with E-state index in [2.05, 4.69) is 5.32 Å². The van der Waals surface area contributed by atoms with Crippen molar-refractivity contribution in [2.24, 2.45) is 0 Å². The van der Waals surface area contributed by atoms with Gasteiger partial charge in [-0.15, -0.1) is 11.3 Å². The number of nitrogens with one attached hydrogen (secondary N) is 1. The van der Waals surface area contributed by atoms with Gasteiger partial charge in [-0.2, -0.15) is 0 Å². The number of para-hydroxylation sites is 1. The first-order valence-corrected chi connectivity index (χ1v) is 6.70. The molecule has 100 valence electrons. The summed E-state index contributed by atoms with van der Waals surface area (Å²) in [5, 5.41) is 15.9. The van der Waals surface area contributed by atoms with Crippen LogP contribution < -0.4 is 10.1 Å². The first-order chi connectivity index (χ1) is 9.22. The average molecular weight is 278 g/mol. The largest absolute Gasteiger partial charge is 0.486 e. The normalized spacial score (nSPS) is 10.2. The number of hydrogen-bond acceptors (Lipinski definition) is 5. The van der Waals surface area contributed by atoms with Crippen molar-refractivity contribution in [1.82, 2.24) is 0 Å². The molecule has 0 amide bonds. The van der Waals surface area contributed by atoms with Crippen LogP contribution in [0.25, 0.3) is 0 Å².